The highest BCUT2D eigenvalue weighted by Gasteiger charge is 2.31. The number of rotatable bonds is 5. The smallest absolute Gasteiger partial charge is 0.325 e. The highest BCUT2D eigenvalue weighted by atomic mass is 35.5. The number of alkyl halides is 3. The van der Waals surface area contributed by atoms with Crippen molar-refractivity contribution in [2.75, 3.05) is 5.32 Å². The van der Waals surface area contributed by atoms with E-state index in [0.29, 0.717) is 0 Å². The first-order chi connectivity index (χ1) is 13.3. The van der Waals surface area contributed by atoms with Gasteiger partial charge in [0, 0.05) is 12.3 Å². The van der Waals surface area contributed by atoms with Crippen LogP contribution < -0.4 is 5.32 Å². The summed E-state index contributed by atoms with van der Waals surface area (Å²) in [7, 11) is 0. The molecule has 0 aromatic heterocycles. The van der Waals surface area contributed by atoms with Crippen molar-refractivity contribution in [1.29, 1.82) is 0 Å². The third-order valence-corrected chi connectivity index (χ3v) is 4.69. The Bertz CT molecular complexity index is 904. The van der Waals surface area contributed by atoms with Crippen LogP contribution in [0.25, 0.3) is 0 Å². The highest BCUT2D eigenvalue weighted by molar-refractivity contribution is 6.33. The summed E-state index contributed by atoms with van der Waals surface area (Å²) in [5, 5.41) is 2.57. The minimum Gasteiger partial charge on any atom is -0.325 e. The molecule has 0 bridgehead atoms. The van der Waals surface area contributed by atoms with Crippen LogP contribution in [0.15, 0.2) is 78.9 Å². The van der Waals surface area contributed by atoms with Gasteiger partial charge in [0.25, 0.3) is 0 Å². The number of halogens is 4. The number of nitrogens with one attached hydrogen (secondary N) is 1. The summed E-state index contributed by atoms with van der Waals surface area (Å²) in [6.07, 6.45) is -4.44. The van der Waals surface area contributed by atoms with E-state index in [1.54, 1.807) is 0 Å². The van der Waals surface area contributed by atoms with Crippen LogP contribution in [0.3, 0.4) is 0 Å². The van der Waals surface area contributed by atoms with Crippen LogP contribution in [0.1, 0.15) is 29.0 Å². The Morgan fingerprint density at radius 1 is 0.893 bits per heavy atom. The molecule has 0 unspecified atom stereocenters. The van der Waals surface area contributed by atoms with Gasteiger partial charge in [-0.25, -0.2) is 0 Å². The summed E-state index contributed by atoms with van der Waals surface area (Å²) in [5.74, 6) is -0.647. The van der Waals surface area contributed by atoms with Gasteiger partial charge in [-0.2, -0.15) is 13.2 Å². The third kappa shape index (κ3) is 4.93. The van der Waals surface area contributed by atoms with Gasteiger partial charge in [-0.3, -0.25) is 4.79 Å². The van der Waals surface area contributed by atoms with Crippen molar-refractivity contribution in [3.63, 3.8) is 0 Å². The maximum absolute atomic E-state index is 12.9. The molecule has 0 atom stereocenters. The number of hydrogen-bond acceptors (Lipinski definition) is 1. The fraction of sp³-hybridized carbons (Fsp3) is 0.136. The lowest BCUT2D eigenvalue weighted by atomic mass is 9.88. The van der Waals surface area contributed by atoms with E-state index in [2.05, 4.69) is 5.32 Å². The Hall–Kier alpha value is -2.79. The van der Waals surface area contributed by atoms with Crippen LogP contribution in [0.4, 0.5) is 18.9 Å². The predicted octanol–water partition coefficient (Wildman–Crippen LogP) is 6.52. The third-order valence-electron chi connectivity index (χ3n) is 4.36. The molecule has 144 valence electrons. The lowest BCUT2D eigenvalue weighted by Gasteiger charge is -2.18. The van der Waals surface area contributed by atoms with E-state index in [1.165, 1.54) is 0 Å². The van der Waals surface area contributed by atoms with Crippen molar-refractivity contribution < 1.29 is 18.0 Å². The number of benzene rings is 3. The lowest BCUT2D eigenvalue weighted by molar-refractivity contribution is -0.137. The Kier molecular flexibility index (Phi) is 6.05. The molecule has 2 nitrogen and oxygen atoms in total. The van der Waals surface area contributed by atoms with E-state index in [9.17, 15) is 18.0 Å². The van der Waals surface area contributed by atoms with Crippen LogP contribution in [0.5, 0.6) is 0 Å². The molecule has 0 fully saturated rings. The monoisotopic (exact) mass is 403 g/mol. The van der Waals surface area contributed by atoms with Crippen LogP contribution in [0, 0.1) is 0 Å². The minimum atomic E-state index is -4.51. The van der Waals surface area contributed by atoms with Gasteiger partial charge in [0.05, 0.1) is 16.3 Å². The van der Waals surface area contributed by atoms with E-state index < -0.39 is 17.6 Å². The van der Waals surface area contributed by atoms with E-state index >= 15 is 0 Å². The van der Waals surface area contributed by atoms with Gasteiger partial charge < -0.3 is 5.32 Å². The summed E-state index contributed by atoms with van der Waals surface area (Å²) in [6.45, 7) is 0. The largest absolute Gasteiger partial charge is 0.416 e. The molecule has 0 heterocycles. The second-order valence-electron chi connectivity index (χ2n) is 6.32. The fourth-order valence-corrected chi connectivity index (χ4v) is 3.15. The van der Waals surface area contributed by atoms with Crippen LogP contribution in [-0.2, 0) is 11.0 Å². The number of carbonyl (C=O) groups excluding carboxylic acids is 1. The van der Waals surface area contributed by atoms with Gasteiger partial charge in [0.15, 0.2) is 0 Å². The number of carbonyl (C=O) groups is 1. The molecule has 3 aromatic carbocycles. The van der Waals surface area contributed by atoms with Crippen molar-refractivity contribution in [2.45, 2.75) is 18.5 Å². The first-order valence-electron chi connectivity index (χ1n) is 8.61. The van der Waals surface area contributed by atoms with Crippen LogP contribution in [0.2, 0.25) is 5.02 Å². The molecule has 1 amide bonds. The molecule has 0 saturated carbocycles. The Balaban J connectivity index is 1.84. The van der Waals surface area contributed by atoms with E-state index in [0.717, 1.165) is 29.3 Å². The Morgan fingerprint density at radius 2 is 1.43 bits per heavy atom. The molecule has 1 N–H and O–H groups in total. The van der Waals surface area contributed by atoms with Crippen molar-refractivity contribution >= 4 is 23.2 Å². The van der Waals surface area contributed by atoms with E-state index in [-0.39, 0.29) is 23.0 Å². The predicted molar refractivity (Wildman–Crippen MR) is 104 cm³/mol. The highest BCUT2D eigenvalue weighted by Crippen LogP contribution is 2.34. The molecular formula is C22H17ClF3NO. The lowest BCUT2D eigenvalue weighted by Crippen LogP contribution is -2.17. The maximum atomic E-state index is 12.9. The number of anilines is 1. The summed E-state index contributed by atoms with van der Waals surface area (Å²) < 4.78 is 38.8. The first kappa shape index (κ1) is 20.0. The molecule has 0 radical (unpaired) electrons. The minimum absolute atomic E-state index is 0.0531. The Labute approximate surface area is 166 Å². The summed E-state index contributed by atoms with van der Waals surface area (Å²) >= 11 is 5.98. The number of hydrogen-bond donors (Lipinski definition) is 1. The maximum Gasteiger partial charge on any atom is 0.416 e. The summed E-state index contributed by atoms with van der Waals surface area (Å²) in [5.41, 5.74) is 0.967. The fourth-order valence-electron chi connectivity index (χ4n) is 2.98. The average molecular weight is 404 g/mol. The second kappa shape index (κ2) is 8.48. The van der Waals surface area contributed by atoms with E-state index in [4.69, 9.17) is 11.6 Å². The molecule has 0 saturated heterocycles. The molecule has 0 aliphatic carbocycles. The van der Waals surface area contributed by atoms with E-state index in [1.807, 2.05) is 60.7 Å². The Morgan fingerprint density at radius 3 is 1.93 bits per heavy atom. The zero-order valence-corrected chi connectivity index (χ0v) is 15.5. The van der Waals surface area contributed by atoms with Crippen molar-refractivity contribution in [3.05, 3.63) is 101 Å². The molecule has 0 aliphatic heterocycles. The standard InChI is InChI=1S/C22H17ClF3NO/c23-19-12-11-17(22(24,25)26)13-20(19)27-21(28)14-18(15-7-3-1-4-8-15)16-9-5-2-6-10-16/h1-13,18H,14H2,(H,27,28). The normalized spacial score (nSPS) is 11.5. The summed E-state index contributed by atoms with van der Waals surface area (Å²) in [6, 6.07) is 21.8. The molecule has 0 aliphatic rings. The molecule has 3 rings (SSSR count). The molecular weight excluding hydrogens is 387 g/mol. The van der Waals surface area contributed by atoms with Gasteiger partial charge in [-0.05, 0) is 29.3 Å². The van der Waals surface area contributed by atoms with Gasteiger partial charge in [-0.15, -0.1) is 0 Å². The van der Waals surface area contributed by atoms with Gasteiger partial charge >= 0.3 is 6.18 Å². The molecule has 6 heteroatoms. The molecule has 3 aromatic rings. The van der Waals surface area contributed by atoms with Crippen molar-refractivity contribution in [2.24, 2.45) is 0 Å². The van der Waals surface area contributed by atoms with Crippen molar-refractivity contribution in [3.8, 4) is 0 Å². The first-order valence-corrected chi connectivity index (χ1v) is 8.99. The number of amides is 1. The second-order valence-corrected chi connectivity index (χ2v) is 6.73. The average Bonchev–Trinajstić information content (AvgIpc) is 2.68. The zero-order chi connectivity index (χ0) is 20.1. The van der Waals surface area contributed by atoms with Crippen LogP contribution >= 0.6 is 11.6 Å². The SMILES string of the molecule is O=C(CC(c1ccccc1)c1ccccc1)Nc1cc(C(F)(F)F)ccc1Cl. The quantitative estimate of drug-likeness (QED) is 0.516. The topological polar surface area (TPSA) is 29.1 Å². The molecule has 28 heavy (non-hydrogen) atoms. The van der Waals surface area contributed by atoms with Crippen LogP contribution in [-0.4, -0.2) is 5.91 Å². The zero-order valence-electron chi connectivity index (χ0n) is 14.7. The van der Waals surface area contributed by atoms with Crippen molar-refractivity contribution in [1.82, 2.24) is 0 Å². The molecule has 0 spiro atoms. The van der Waals surface area contributed by atoms with Gasteiger partial charge in [0.2, 0.25) is 5.91 Å². The summed E-state index contributed by atoms with van der Waals surface area (Å²) in [4.78, 5) is 12.6. The van der Waals surface area contributed by atoms with Gasteiger partial charge in [-0.1, -0.05) is 72.3 Å². The van der Waals surface area contributed by atoms with Gasteiger partial charge in [0.1, 0.15) is 0 Å².